The van der Waals surface area contributed by atoms with E-state index in [9.17, 15) is 14.4 Å². The Morgan fingerprint density at radius 3 is 2.63 bits per heavy atom. The van der Waals surface area contributed by atoms with Gasteiger partial charge in [-0.3, -0.25) is 19.1 Å². The highest BCUT2D eigenvalue weighted by Gasteiger charge is 2.39. The molecule has 1 aliphatic heterocycles. The number of rotatable bonds is 5. The predicted molar refractivity (Wildman–Crippen MR) is 96.8 cm³/mol. The van der Waals surface area contributed by atoms with Crippen molar-refractivity contribution in [2.45, 2.75) is 45.6 Å². The second kappa shape index (κ2) is 7.79. The third-order valence-corrected chi connectivity index (χ3v) is 4.40. The van der Waals surface area contributed by atoms with Crippen LogP contribution in [0.15, 0.2) is 40.1 Å². The number of nitrogens with one attached hydrogen (secondary N) is 1. The molecule has 0 unspecified atom stereocenters. The molecule has 1 saturated heterocycles. The largest absolute Gasteiger partial charge is 0.487 e. The molecule has 1 aromatic carbocycles. The van der Waals surface area contributed by atoms with Gasteiger partial charge in [0, 0.05) is 25.1 Å². The lowest BCUT2D eigenvalue weighted by molar-refractivity contribution is -0.147. The van der Waals surface area contributed by atoms with Crippen molar-refractivity contribution in [3.05, 3.63) is 62.4 Å². The molecule has 3 rings (SSSR count). The summed E-state index contributed by atoms with van der Waals surface area (Å²) in [5.74, 6) is 0.237. The van der Waals surface area contributed by atoms with E-state index in [1.54, 1.807) is 6.92 Å². The molecule has 144 valence electrons. The maximum Gasteiger partial charge on any atom is 0.330 e. The van der Waals surface area contributed by atoms with Gasteiger partial charge in [0.15, 0.2) is 0 Å². The first-order chi connectivity index (χ1) is 12.8. The lowest BCUT2D eigenvalue weighted by Gasteiger charge is -2.19. The van der Waals surface area contributed by atoms with Crippen molar-refractivity contribution in [2.24, 2.45) is 0 Å². The molecule has 1 N–H and O–H groups in total. The van der Waals surface area contributed by atoms with E-state index in [2.05, 4.69) is 4.98 Å². The van der Waals surface area contributed by atoms with E-state index in [0.717, 1.165) is 5.56 Å². The molecule has 0 radical (unpaired) electrons. The molecular formula is C19H22N2O6. The first-order valence-electron chi connectivity index (χ1n) is 8.67. The molecule has 0 saturated carbocycles. The molecule has 0 bridgehead atoms. The van der Waals surface area contributed by atoms with Gasteiger partial charge in [0.1, 0.15) is 30.8 Å². The number of esters is 1. The van der Waals surface area contributed by atoms with Crippen LogP contribution < -0.4 is 16.0 Å². The minimum Gasteiger partial charge on any atom is -0.487 e. The van der Waals surface area contributed by atoms with Gasteiger partial charge in [0.2, 0.25) is 0 Å². The summed E-state index contributed by atoms with van der Waals surface area (Å²) in [6.07, 6.45) is 0.230. The highest BCUT2D eigenvalue weighted by molar-refractivity contribution is 5.65. The maximum absolute atomic E-state index is 12.2. The number of hydrogen-bond acceptors (Lipinski definition) is 6. The van der Waals surface area contributed by atoms with Crippen molar-refractivity contribution in [3.63, 3.8) is 0 Å². The Labute approximate surface area is 155 Å². The van der Waals surface area contributed by atoms with Gasteiger partial charge in [0.05, 0.1) is 0 Å². The summed E-state index contributed by atoms with van der Waals surface area (Å²) in [6, 6.07) is 7.56. The Morgan fingerprint density at radius 1 is 1.26 bits per heavy atom. The van der Waals surface area contributed by atoms with E-state index in [4.69, 9.17) is 14.2 Å². The Morgan fingerprint density at radius 2 is 1.96 bits per heavy atom. The van der Waals surface area contributed by atoms with Crippen LogP contribution in [0.25, 0.3) is 0 Å². The summed E-state index contributed by atoms with van der Waals surface area (Å²) >= 11 is 0. The summed E-state index contributed by atoms with van der Waals surface area (Å²) in [7, 11) is 0. The van der Waals surface area contributed by atoms with Crippen molar-refractivity contribution in [2.75, 3.05) is 6.61 Å². The number of nitrogens with zero attached hydrogens (tertiary/aromatic N) is 1. The summed E-state index contributed by atoms with van der Waals surface area (Å²) in [6.45, 7) is 4.92. The Bertz CT molecular complexity index is 930. The number of benzene rings is 1. The number of aromatic amines is 1. The highest BCUT2D eigenvalue weighted by Crippen LogP contribution is 2.31. The smallest absolute Gasteiger partial charge is 0.330 e. The molecule has 1 aromatic heterocycles. The van der Waals surface area contributed by atoms with Crippen LogP contribution in [0.3, 0.4) is 0 Å². The number of ether oxygens (including phenoxy) is 3. The zero-order valence-corrected chi connectivity index (χ0v) is 15.4. The predicted octanol–water partition coefficient (Wildman–Crippen LogP) is 1.45. The van der Waals surface area contributed by atoms with Crippen LogP contribution in [0.1, 0.15) is 30.7 Å². The molecule has 8 nitrogen and oxygen atoms in total. The molecule has 0 amide bonds. The first kappa shape index (κ1) is 18.9. The number of aromatic nitrogens is 2. The van der Waals surface area contributed by atoms with Crippen molar-refractivity contribution in [3.8, 4) is 5.75 Å². The van der Waals surface area contributed by atoms with Gasteiger partial charge < -0.3 is 14.2 Å². The van der Waals surface area contributed by atoms with Crippen molar-refractivity contribution >= 4 is 5.97 Å². The lowest BCUT2D eigenvalue weighted by Crippen LogP contribution is -2.33. The third kappa shape index (κ3) is 4.46. The Balaban J connectivity index is 1.83. The van der Waals surface area contributed by atoms with E-state index in [-0.39, 0.29) is 6.61 Å². The molecule has 27 heavy (non-hydrogen) atoms. The average Bonchev–Trinajstić information content (AvgIpc) is 3.01. The fraction of sp³-hybridized carbons (Fsp3) is 0.421. The van der Waals surface area contributed by atoms with Gasteiger partial charge in [-0.05, 0) is 26.0 Å². The second-order valence-electron chi connectivity index (χ2n) is 6.62. The molecule has 8 heteroatoms. The SMILES string of the molecule is CC(=O)OC[C@H]1O[C@@H](n2cc(C)c(=O)[nH]c2=O)C[C@@H]1Oc1ccc(C)cc1. The van der Waals surface area contributed by atoms with Gasteiger partial charge >= 0.3 is 11.7 Å². The van der Waals surface area contributed by atoms with E-state index in [1.807, 2.05) is 31.2 Å². The van der Waals surface area contributed by atoms with Gasteiger partial charge in [-0.1, -0.05) is 17.7 Å². The van der Waals surface area contributed by atoms with E-state index < -0.39 is 35.7 Å². The second-order valence-corrected chi connectivity index (χ2v) is 6.62. The lowest BCUT2D eigenvalue weighted by atomic mass is 10.1. The van der Waals surface area contributed by atoms with Crippen molar-refractivity contribution in [1.82, 2.24) is 9.55 Å². The fourth-order valence-corrected chi connectivity index (χ4v) is 2.94. The van der Waals surface area contributed by atoms with Crippen molar-refractivity contribution < 1.29 is 19.0 Å². The topological polar surface area (TPSA) is 99.6 Å². The van der Waals surface area contributed by atoms with Gasteiger partial charge in [-0.15, -0.1) is 0 Å². The molecule has 2 heterocycles. The van der Waals surface area contributed by atoms with Crippen LogP contribution in [0.5, 0.6) is 5.75 Å². The standard InChI is InChI=1S/C19H22N2O6/c1-11-4-6-14(7-5-11)26-15-8-17(27-16(15)10-25-13(3)22)21-9-12(2)18(23)20-19(21)24/h4-7,9,15-17H,8,10H2,1-3H3,(H,20,23,24)/t15-,16+,17+/m0/s1. The van der Waals surface area contributed by atoms with Crippen LogP contribution in [-0.4, -0.2) is 34.3 Å². The normalized spacial score (nSPS) is 21.8. The summed E-state index contributed by atoms with van der Waals surface area (Å²) in [4.78, 5) is 37.2. The van der Waals surface area contributed by atoms with Crippen molar-refractivity contribution in [1.29, 1.82) is 0 Å². The van der Waals surface area contributed by atoms with Crippen LogP contribution in [0, 0.1) is 13.8 Å². The summed E-state index contributed by atoms with van der Waals surface area (Å²) < 4.78 is 18.3. The summed E-state index contributed by atoms with van der Waals surface area (Å²) in [5, 5.41) is 0. The highest BCUT2D eigenvalue weighted by atomic mass is 16.6. The van der Waals surface area contributed by atoms with E-state index in [1.165, 1.54) is 17.7 Å². The molecule has 1 fully saturated rings. The zero-order valence-electron chi connectivity index (χ0n) is 15.4. The van der Waals surface area contributed by atoms with Crippen LogP contribution in [-0.2, 0) is 14.3 Å². The van der Waals surface area contributed by atoms with Gasteiger partial charge in [-0.2, -0.15) is 0 Å². The van der Waals surface area contributed by atoms with Crippen LogP contribution >= 0.6 is 0 Å². The number of carbonyl (C=O) groups is 1. The van der Waals surface area contributed by atoms with Crippen LogP contribution in [0.2, 0.25) is 0 Å². The minimum atomic E-state index is -0.635. The first-order valence-corrected chi connectivity index (χ1v) is 8.67. The number of hydrogen-bond donors (Lipinski definition) is 1. The number of aryl methyl sites for hydroxylation is 2. The van der Waals surface area contributed by atoms with E-state index in [0.29, 0.717) is 17.7 Å². The Kier molecular flexibility index (Phi) is 5.46. The summed E-state index contributed by atoms with van der Waals surface area (Å²) in [5.41, 5.74) is 0.517. The molecule has 0 aliphatic carbocycles. The molecule has 3 atom stereocenters. The number of carbonyl (C=O) groups excluding carboxylic acids is 1. The molecule has 2 aromatic rings. The fourth-order valence-electron chi connectivity index (χ4n) is 2.94. The third-order valence-electron chi connectivity index (χ3n) is 4.40. The quantitative estimate of drug-likeness (QED) is 0.796. The van der Waals surface area contributed by atoms with Gasteiger partial charge in [-0.25, -0.2) is 4.79 Å². The molecular weight excluding hydrogens is 352 g/mol. The van der Waals surface area contributed by atoms with Gasteiger partial charge in [0.25, 0.3) is 5.56 Å². The monoisotopic (exact) mass is 374 g/mol. The Hall–Kier alpha value is -2.87. The molecule has 1 aliphatic rings. The average molecular weight is 374 g/mol. The number of H-pyrrole nitrogens is 1. The zero-order chi connectivity index (χ0) is 19.6. The van der Waals surface area contributed by atoms with E-state index >= 15 is 0 Å². The molecule has 0 spiro atoms. The maximum atomic E-state index is 12.2. The minimum absolute atomic E-state index is 0.0133. The van der Waals surface area contributed by atoms with Crippen LogP contribution in [0.4, 0.5) is 0 Å².